The molecule has 0 saturated heterocycles. The van der Waals surface area contributed by atoms with E-state index in [4.69, 9.17) is 4.74 Å². The molecule has 1 amide bonds. The molecule has 0 aromatic carbocycles. The van der Waals surface area contributed by atoms with Gasteiger partial charge in [-0.05, 0) is 24.8 Å². The van der Waals surface area contributed by atoms with Crippen molar-refractivity contribution < 1.29 is 62.3 Å². The molecule has 3 nitrogen and oxygen atoms in total. The van der Waals surface area contributed by atoms with Crippen LogP contribution in [-0.4, -0.2) is 27.3 Å². The molecule has 1 saturated carbocycles. The summed E-state index contributed by atoms with van der Waals surface area (Å²) in [5.41, 5.74) is 0. The molecule has 0 bridgehead atoms. The quantitative estimate of drug-likeness (QED) is 0.761. The van der Waals surface area contributed by atoms with E-state index in [0.29, 0.717) is 12.5 Å². The van der Waals surface area contributed by atoms with E-state index in [9.17, 15) is 4.79 Å². The minimum atomic E-state index is -1.08. The maximum Gasteiger partial charge on any atom is 1.00 e. The first kappa shape index (κ1) is 19.1. The van der Waals surface area contributed by atoms with E-state index in [-0.39, 0.29) is 58.9 Å². The molecule has 1 N–H and O–H groups in total. The van der Waals surface area contributed by atoms with Crippen molar-refractivity contribution in [3.63, 3.8) is 0 Å². The second-order valence-corrected chi connectivity index (χ2v) is 12.0. The molecule has 5 heteroatoms. The van der Waals surface area contributed by atoms with Gasteiger partial charge in [-0.25, -0.2) is 4.79 Å². The van der Waals surface area contributed by atoms with Crippen LogP contribution in [-0.2, 0) is 4.74 Å². The zero-order valence-electron chi connectivity index (χ0n) is 13.6. The first-order valence-corrected chi connectivity index (χ1v) is 10.6. The topological polar surface area (TPSA) is 38.3 Å². The maximum atomic E-state index is 11.5. The first-order chi connectivity index (χ1) is 7.97. The Morgan fingerprint density at radius 3 is 2.44 bits per heavy atom. The van der Waals surface area contributed by atoms with Crippen LogP contribution in [0.15, 0.2) is 0 Å². The number of alkyl carbamates (subject to hydrolysis) is 1. The van der Waals surface area contributed by atoms with Crippen LogP contribution in [0.1, 0.15) is 33.5 Å². The Labute approximate surface area is 157 Å². The van der Waals surface area contributed by atoms with E-state index in [1.807, 2.05) is 0 Å². The number of rotatable bonds is 5. The Morgan fingerprint density at radius 1 is 1.28 bits per heavy atom. The SMILES string of the molecule is C[Si](C)(C)CCOC(=O)NCC1CCCCC1.[H-].[K+]. The van der Waals surface area contributed by atoms with Gasteiger partial charge in [-0.3, -0.25) is 0 Å². The first-order valence-electron chi connectivity index (χ1n) is 6.88. The molecule has 0 spiro atoms. The number of nitrogens with one attached hydrogen (secondary N) is 1. The summed E-state index contributed by atoms with van der Waals surface area (Å²) in [4.78, 5) is 11.5. The van der Waals surface area contributed by atoms with Crippen molar-refractivity contribution in [2.75, 3.05) is 13.2 Å². The average Bonchev–Trinajstić information content (AvgIpc) is 2.26. The molecule has 1 fully saturated rings. The van der Waals surface area contributed by atoms with Gasteiger partial charge in [0.1, 0.15) is 0 Å². The summed E-state index contributed by atoms with van der Waals surface area (Å²) in [6.07, 6.45) is 6.28. The second kappa shape index (κ2) is 9.94. The summed E-state index contributed by atoms with van der Waals surface area (Å²) >= 11 is 0. The molecule has 0 unspecified atom stereocenters. The number of amides is 1. The summed E-state index contributed by atoms with van der Waals surface area (Å²) in [6.45, 7) is 8.24. The largest absolute Gasteiger partial charge is 1.00 e. The van der Waals surface area contributed by atoms with Crippen molar-refractivity contribution in [3.8, 4) is 0 Å². The predicted molar refractivity (Wildman–Crippen MR) is 75.2 cm³/mol. The van der Waals surface area contributed by atoms with E-state index >= 15 is 0 Å². The monoisotopic (exact) mass is 297 g/mol. The van der Waals surface area contributed by atoms with Gasteiger partial charge in [0.25, 0.3) is 0 Å². The summed E-state index contributed by atoms with van der Waals surface area (Å²) in [6, 6.07) is 1.05. The molecule has 0 aromatic heterocycles. The van der Waals surface area contributed by atoms with E-state index in [1.54, 1.807) is 0 Å². The third-order valence-corrected chi connectivity index (χ3v) is 5.05. The van der Waals surface area contributed by atoms with Crippen molar-refractivity contribution in [2.45, 2.75) is 57.8 Å². The van der Waals surface area contributed by atoms with Crippen LogP contribution in [0, 0.1) is 5.92 Å². The van der Waals surface area contributed by atoms with Gasteiger partial charge in [0.2, 0.25) is 0 Å². The molecule has 1 rings (SSSR count). The van der Waals surface area contributed by atoms with Crippen LogP contribution in [0.4, 0.5) is 4.79 Å². The zero-order valence-corrected chi connectivity index (χ0v) is 16.7. The third-order valence-electron chi connectivity index (χ3n) is 3.35. The Kier molecular flexibility index (Phi) is 10.6. The molecule has 0 aromatic rings. The number of hydrogen-bond acceptors (Lipinski definition) is 2. The Balaban J connectivity index is 0. The van der Waals surface area contributed by atoms with Crippen molar-refractivity contribution in [1.82, 2.24) is 5.32 Å². The zero-order chi connectivity index (χ0) is 12.7. The fourth-order valence-corrected chi connectivity index (χ4v) is 2.83. The van der Waals surface area contributed by atoms with E-state index in [2.05, 4.69) is 25.0 Å². The van der Waals surface area contributed by atoms with Gasteiger partial charge in [-0.1, -0.05) is 38.9 Å². The van der Waals surface area contributed by atoms with Gasteiger partial charge >= 0.3 is 57.5 Å². The third kappa shape index (κ3) is 9.98. The summed E-state index contributed by atoms with van der Waals surface area (Å²) in [7, 11) is -1.08. The van der Waals surface area contributed by atoms with Crippen molar-refractivity contribution in [1.29, 1.82) is 0 Å². The second-order valence-electron chi connectivity index (χ2n) is 6.33. The van der Waals surface area contributed by atoms with Gasteiger partial charge in [0.15, 0.2) is 0 Å². The summed E-state index contributed by atoms with van der Waals surface area (Å²) in [5, 5.41) is 2.89. The van der Waals surface area contributed by atoms with Gasteiger partial charge in [0.05, 0.1) is 6.61 Å². The van der Waals surface area contributed by atoms with Crippen molar-refractivity contribution >= 4 is 14.2 Å². The molecule has 0 radical (unpaired) electrons. The molecule has 1 aliphatic rings. The minimum absolute atomic E-state index is 0. The van der Waals surface area contributed by atoms with E-state index in [0.717, 1.165) is 12.6 Å². The number of ether oxygens (including phenoxy) is 1. The molecule has 18 heavy (non-hydrogen) atoms. The number of carbonyl (C=O) groups is 1. The average molecular weight is 298 g/mol. The molecule has 1 aliphatic carbocycles. The maximum absolute atomic E-state index is 11.5. The molecule has 0 heterocycles. The smallest absolute Gasteiger partial charge is 1.00 e. The normalized spacial score (nSPS) is 16.8. The predicted octanol–water partition coefficient (Wildman–Crippen LogP) is 0.748. The van der Waals surface area contributed by atoms with E-state index in [1.165, 1.54) is 32.1 Å². The standard InChI is InChI=1S/C13H27NO2Si.K.H/c1-17(2,3)10-9-16-13(15)14-11-12-7-5-4-6-8-12;;/h12H,4-11H2,1-3H3,(H,14,15);;/q;+1;-1. The van der Waals surface area contributed by atoms with Gasteiger partial charge in [0, 0.05) is 14.6 Å². The molecule has 0 aliphatic heterocycles. The van der Waals surface area contributed by atoms with Crippen LogP contribution < -0.4 is 56.7 Å². The fraction of sp³-hybridized carbons (Fsp3) is 0.923. The fourth-order valence-electron chi connectivity index (χ4n) is 2.12. The van der Waals surface area contributed by atoms with Gasteiger partial charge in [-0.2, -0.15) is 0 Å². The Morgan fingerprint density at radius 2 is 1.89 bits per heavy atom. The van der Waals surface area contributed by atoms with Crippen LogP contribution >= 0.6 is 0 Å². The van der Waals surface area contributed by atoms with Crippen LogP contribution in [0.25, 0.3) is 0 Å². The Hall–Kier alpha value is 1.12. The van der Waals surface area contributed by atoms with Crippen molar-refractivity contribution in [2.24, 2.45) is 5.92 Å². The molecular weight excluding hydrogens is 269 g/mol. The summed E-state index contributed by atoms with van der Waals surface area (Å²) in [5.74, 6) is 0.674. The number of hydrogen-bond donors (Lipinski definition) is 1. The Bertz CT molecular complexity index is 243. The summed E-state index contributed by atoms with van der Waals surface area (Å²) < 4.78 is 5.19. The molecule has 102 valence electrons. The van der Waals surface area contributed by atoms with Crippen LogP contribution in [0.5, 0.6) is 0 Å². The van der Waals surface area contributed by atoms with Crippen molar-refractivity contribution in [3.05, 3.63) is 0 Å². The van der Waals surface area contributed by atoms with Gasteiger partial charge < -0.3 is 11.5 Å². The van der Waals surface area contributed by atoms with Gasteiger partial charge in [-0.15, -0.1) is 0 Å². The van der Waals surface area contributed by atoms with Crippen LogP contribution in [0.2, 0.25) is 25.7 Å². The minimum Gasteiger partial charge on any atom is -1.00 e. The molecular formula is C13H28KNO2Si. The number of carbonyl (C=O) groups excluding carboxylic acids is 1. The molecule has 0 atom stereocenters. The van der Waals surface area contributed by atoms with Crippen LogP contribution in [0.3, 0.4) is 0 Å². The van der Waals surface area contributed by atoms with E-state index < -0.39 is 8.07 Å².